The van der Waals surface area contributed by atoms with Gasteiger partial charge >= 0.3 is 0 Å². The number of hydrogen-bond acceptors (Lipinski definition) is 3. The first-order chi connectivity index (χ1) is 9.60. The molecule has 1 spiro atoms. The van der Waals surface area contributed by atoms with E-state index in [2.05, 4.69) is 40.4 Å². The maximum atomic E-state index is 12.0. The molecule has 5 heteroatoms. The molecule has 2 aliphatic rings. The Morgan fingerprint density at radius 1 is 1.35 bits per heavy atom. The summed E-state index contributed by atoms with van der Waals surface area (Å²) in [5, 5.41) is 6.36. The van der Waals surface area contributed by atoms with Crippen molar-refractivity contribution in [2.45, 2.75) is 38.4 Å². The molecule has 0 bridgehead atoms. The van der Waals surface area contributed by atoms with Crippen LogP contribution in [0.25, 0.3) is 0 Å². The lowest BCUT2D eigenvalue weighted by Crippen LogP contribution is -2.50. The lowest BCUT2D eigenvalue weighted by molar-refractivity contribution is -0.121. The highest BCUT2D eigenvalue weighted by Gasteiger charge is 2.46. The van der Waals surface area contributed by atoms with Crippen LogP contribution >= 0.6 is 15.9 Å². The molecule has 2 aliphatic heterocycles. The van der Waals surface area contributed by atoms with Gasteiger partial charge in [-0.3, -0.25) is 10.1 Å². The molecule has 0 aromatic heterocycles. The fourth-order valence-corrected chi connectivity index (χ4v) is 2.62. The summed E-state index contributed by atoms with van der Waals surface area (Å²) in [7, 11) is 0. The minimum atomic E-state index is -0.352. The normalized spacial score (nSPS) is 28.1. The van der Waals surface area contributed by atoms with Crippen LogP contribution in [0.2, 0.25) is 0 Å². The zero-order valence-electron chi connectivity index (χ0n) is 11.9. The summed E-state index contributed by atoms with van der Waals surface area (Å²) >= 11 is 3.39. The minimum Gasteiger partial charge on any atom is -0.377 e. The summed E-state index contributed by atoms with van der Waals surface area (Å²) in [6, 6.07) is 7.53. The molecule has 4 nitrogen and oxygen atoms in total. The minimum absolute atomic E-state index is 0.0258. The molecule has 110 valence electrons. The van der Waals surface area contributed by atoms with Crippen molar-refractivity contribution in [3.8, 4) is 0 Å². The van der Waals surface area contributed by atoms with Crippen LogP contribution in [0.15, 0.2) is 28.7 Å². The van der Waals surface area contributed by atoms with Crippen LogP contribution in [0.1, 0.15) is 38.3 Å². The Morgan fingerprint density at radius 2 is 2.00 bits per heavy atom. The number of amides is 1. The number of carbonyl (C=O) groups excluding carboxylic acids is 1. The molecule has 1 amide bonds. The van der Waals surface area contributed by atoms with Gasteiger partial charge in [0.2, 0.25) is 5.91 Å². The Labute approximate surface area is 128 Å². The summed E-state index contributed by atoms with van der Waals surface area (Å²) in [5.41, 5.74) is 0.629. The summed E-state index contributed by atoms with van der Waals surface area (Å²) in [6.45, 7) is 5.49. The molecule has 2 saturated heterocycles. The molecule has 0 radical (unpaired) electrons. The second-order valence-electron chi connectivity index (χ2n) is 5.21. The van der Waals surface area contributed by atoms with Gasteiger partial charge in [-0.1, -0.05) is 48.3 Å². The van der Waals surface area contributed by atoms with Crippen molar-refractivity contribution in [1.29, 1.82) is 0 Å². The van der Waals surface area contributed by atoms with Crippen LogP contribution < -0.4 is 10.6 Å². The highest BCUT2D eigenvalue weighted by Crippen LogP contribution is 2.28. The molecule has 1 aromatic rings. The molecular formula is C15H21BrN2O2. The molecule has 1 aromatic carbocycles. The van der Waals surface area contributed by atoms with Crippen LogP contribution in [0.3, 0.4) is 0 Å². The van der Waals surface area contributed by atoms with Crippen molar-refractivity contribution in [3.05, 3.63) is 34.3 Å². The Balaban J connectivity index is 0.000000452. The molecule has 20 heavy (non-hydrogen) atoms. The molecule has 2 fully saturated rings. The standard InChI is InChI=1S/C12H13BrN2O2.C3H8/c13-9-3-1-8(2-4-9)10-11(16)15-12(14-10)5-6-17-7-12;1-3-2/h1-4,10,14H,5-7H2,(H,15,16);3H2,1-2H3. The van der Waals surface area contributed by atoms with E-state index >= 15 is 0 Å². The number of halogens is 1. The van der Waals surface area contributed by atoms with Gasteiger partial charge in [0.15, 0.2) is 0 Å². The Kier molecular flexibility index (Phi) is 5.18. The predicted octanol–water partition coefficient (Wildman–Crippen LogP) is 2.74. The highest BCUT2D eigenvalue weighted by molar-refractivity contribution is 9.10. The summed E-state index contributed by atoms with van der Waals surface area (Å²) in [6.07, 6.45) is 2.08. The van der Waals surface area contributed by atoms with E-state index in [-0.39, 0.29) is 17.6 Å². The van der Waals surface area contributed by atoms with Gasteiger partial charge in [-0.25, -0.2) is 0 Å². The van der Waals surface area contributed by atoms with Crippen LogP contribution in [-0.2, 0) is 9.53 Å². The highest BCUT2D eigenvalue weighted by atomic mass is 79.9. The smallest absolute Gasteiger partial charge is 0.243 e. The lowest BCUT2D eigenvalue weighted by Gasteiger charge is -2.21. The van der Waals surface area contributed by atoms with Crippen molar-refractivity contribution >= 4 is 21.8 Å². The van der Waals surface area contributed by atoms with E-state index in [9.17, 15) is 4.79 Å². The van der Waals surface area contributed by atoms with Crippen LogP contribution in [0.4, 0.5) is 0 Å². The van der Waals surface area contributed by atoms with Gasteiger partial charge in [-0.15, -0.1) is 0 Å². The second-order valence-corrected chi connectivity index (χ2v) is 6.13. The van der Waals surface area contributed by atoms with Gasteiger partial charge in [0.25, 0.3) is 0 Å². The topological polar surface area (TPSA) is 50.4 Å². The van der Waals surface area contributed by atoms with E-state index in [1.54, 1.807) is 0 Å². The van der Waals surface area contributed by atoms with E-state index in [1.165, 1.54) is 6.42 Å². The van der Waals surface area contributed by atoms with Crippen molar-refractivity contribution in [3.63, 3.8) is 0 Å². The average molecular weight is 341 g/mol. The summed E-state index contributed by atoms with van der Waals surface area (Å²) in [4.78, 5) is 12.0. The summed E-state index contributed by atoms with van der Waals surface area (Å²) < 4.78 is 6.36. The number of nitrogens with one attached hydrogen (secondary N) is 2. The first-order valence-electron chi connectivity index (χ1n) is 7.03. The fourth-order valence-electron chi connectivity index (χ4n) is 2.35. The van der Waals surface area contributed by atoms with E-state index in [0.717, 1.165) is 16.5 Å². The molecule has 2 atom stereocenters. The molecule has 0 aliphatic carbocycles. The lowest BCUT2D eigenvalue weighted by atomic mass is 10.1. The molecule has 2 heterocycles. The van der Waals surface area contributed by atoms with Gasteiger partial charge in [0.05, 0.1) is 13.2 Å². The van der Waals surface area contributed by atoms with Crippen molar-refractivity contribution in [2.24, 2.45) is 0 Å². The summed E-state index contributed by atoms with van der Waals surface area (Å²) in [5.74, 6) is 0.0258. The van der Waals surface area contributed by atoms with E-state index in [4.69, 9.17) is 4.74 Å². The van der Waals surface area contributed by atoms with Crippen LogP contribution in [0.5, 0.6) is 0 Å². The monoisotopic (exact) mass is 340 g/mol. The second kappa shape index (κ2) is 6.70. The molecule has 2 unspecified atom stereocenters. The Hall–Kier alpha value is -0.910. The van der Waals surface area contributed by atoms with E-state index in [1.807, 2.05) is 24.3 Å². The zero-order valence-corrected chi connectivity index (χ0v) is 13.5. The molecule has 0 saturated carbocycles. The first kappa shape index (κ1) is 15.5. The zero-order chi connectivity index (χ0) is 14.6. The van der Waals surface area contributed by atoms with Gasteiger partial charge in [-0.2, -0.15) is 0 Å². The third kappa shape index (κ3) is 3.40. The fraction of sp³-hybridized carbons (Fsp3) is 0.533. The number of hydrogen-bond donors (Lipinski definition) is 2. The Morgan fingerprint density at radius 3 is 2.55 bits per heavy atom. The molecular weight excluding hydrogens is 320 g/mol. The van der Waals surface area contributed by atoms with E-state index < -0.39 is 0 Å². The van der Waals surface area contributed by atoms with Crippen molar-refractivity contribution in [2.75, 3.05) is 13.2 Å². The van der Waals surface area contributed by atoms with Gasteiger partial charge in [0, 0.05) is 10.9 Å². The van der Waals surface area contributed by atoms with Crippen molar-refractivity contribution < 1.29 is 9.53 Å². The SMILES string of the molecule is CCC.O=C1NC2(CCOC2)NC1c1ccc(Br)cc1. The predicted molar refractivity (Wildman–Crippen MR) is 82.3 cm³/mol. The molecule has 2 N–H and O–H groups in total. The largest absolute Gasteiger partial charge is 0.377 e. The van der Waals surface area contributed by atoms with Gasteiger partial charge in [-0.05, 0) is 17.7 Å². The number of ether oxygens (including phenoxy) is 1. The first-order valence-corrected chi connectivity index (χ1v) is 7.82. The van der Waals surface area contributed by atoms with Gasteiger partial charge in [0.1, 0.15) is 11.7 Å². The van der Waals surface area contributed by atoms with Crippen molar-refractivity contribution in [1.82, 2.24) is 10.6 Å². The van der Waals surface area contributed by atoms with E-state index in [0.29, 0.717) is 13.2 Å². The third-order valence-electron chi connectivity index (χ3n) is 3.27. The number of rotatable bonds is 1. The Bertz CT molecular complexity index is 455. The molecule has 3 rings (SSSR count). The third-order valence-corrected chi connectivity index (χ3v) is 3.80. The number of carbonyl (C=O) groups is 1. The number of benzene rings is 1. The average Bonchev–Trinajstić information content (AvgIpc) is 2.99. The van der Waals surface area contributed by atoms with Crippen LogP contribution in [-0.4, -0.2) is 24.8 Å². The van der Waals surface area contributed by atoms with Gasteiger partial charge < -0.3 is 10.1 Å². The maximum absolute atomic E-state index is 12.0. The maximum Gasteiger partial charge on any atom is 0.243 e. The van der Waals surface area contributed by atoms with Crippen LogP contribution in [0, 0.1) is 0 Å². The quantitative estimate of drug-likeness (QED) is 0.826.